The van der Waals surface area contributed by atoms with Crippen LogP contribution >= 0.6 is 11.8 Å². The molecule has 0 spiro atoms. The number of carbonyl (C=O) groups is 1. The summed E-state index contributed by atoms with van der Waals surface area (Å²) in [6.07, 6.45) is 6.16. The molecule has 1 amide bonds. The Hall–Kier alpha value is -3.01. The van der Waals surface area contributed by atoms with Gasteiger partial charge in [-0.3, -0.25) is 9.89 Å². The Morgan fingerprint density at radius 1 is 1.23 bits per heavy atom. The van der Waals surface area contributed by atoms with Gasteiger partial charge in [0.2, 0.25) is 11.9 Å². The van der Waals surface area contributed by atoms with Gasteiger partial charge >= 0.3 is 0 Å². The predicted molar refractivity (Wildman–Crippen MR) is 124 cm³/mol. The predicted octanol–water partition coefficient (Wildman–Crippen LogP) is 3.09. The number of hydrogen-bond donors (Lipinski definition) is 4. The first kappa shape index (κ1) is 19.9. The van der Waals surface area contributed by atoms with Crippen LogP contribution in [0.2, 0.25) is 0 Å². The molecule has 0 bridgehead atoms. The highest BCUT2D eigenvalue weighted by molar-refractivity contribution is 7.98. The van der Waals surface area contributed by atoms with Crippen molar-refractivity contribution >= 4 is 51.8 Å². The van der Waals surface area contributed by atoms with Crippen molar-refractivity contribution in [2.24, 2.45) is 11.7 Å². The van der Waals surface area contributed by atoms with E-state index in [0.717, 1.165) is 59.8 Å². The maximum Gasteiger partial charge on any atom is 0.231 e. The number of rotatable bonds is 7. The molecule has 1 aliphatic heterocycles. The number of primary amides is 1. The van der Waals surface area contributed by atoms with Gasteiger partial charge in [-0.2, -0.15) is 15.1 Å². The van der Waals surface area contributed by atoms with Gasteiger partial charge in [0, 0.05) is 30.5 Å². The molecule has 5 rings (SSSR count). The zero-order chi connectivity index (χ0) is 21.4. The summed E-state index contributed by atoms with van der Waals surface area (Å²) in [6.45, 7) is 1.61. The van der Waals surface area contributed by atoms with Crippen LogP contribution in [0.1, 0.15) is 25.7 Å². The number of H-pyrrole nitrogens is 1. The molecule has 9 nitrogen and oxygen atoms in total. The molecule has 1 aliphatic carbocycles. The van der Waals surface area contributed by atoms with E-state index < -0.39 is 0 Å². The van der Waals surface area contributed by atoms with Gasteiger partial charge in [0.05, 0.1) is 11.3 Å². The lowest BCUT2D eigenvalue weighted by Gasteiger charge is -2.33. The summed E-state index contributed by atoms with van der Waals surface area (Å²) >= 11 is 1.58. The second-order valence-corrected chi connectivity index (χ2v) is 8.93. The maximum absolute atomic E-state index is 11.6. The van der Waals surface area contributed by atoms with E-state index in [9.17, 15) is 4.79 Å². The lowest BCUT2D eigenvalue weighted by Crippen LogP contribution is -2.41. The quantitative estimate of drug-likeness (QED) is 0.415. The van der Waals surface area contributed by atoms with E-state index >= 15 is 0 Å². The molecule has 1 unspecified atom stereocenters. The lowest BCUT2D eigenvalue weighted by molar-refractivity contribution is -0.122. The molecule has 3 heterocycles. The van der Waals surface area contributed by atoms with Gasteiger partial charge in [-0.05, 0) is 56.2 Å². The molecule has 162 valence electrons. The average molecular weight is 439 g/mol. The minimum atomic E-state index is -0.213. The molecule has 1 aromatic carbocycles. The Morgan fingerprint density at radius 3 is 2.74 bits per heavy atom. The van der Waals surface area contributed by atoms with Crippen molar-refractivity contribution in [2.45, 2.75) is 36.8 Å². The van der Waals surface area contributed by atoms with Gasteiger partial charge in [0.25, 0.3) is 0 Å². The van der Waals surface area contributed by atoms with Crippen molar-refractivity contribution in [1.29, 1.82) is 0 Å². The highest BCUT2D eigenvalue weighted by atomic mass is 32.2. The molecular formula is C21H26N8OS. The third kappa shape index (κ3) is 4.25. The first-order valence-corrected chi connectivity index (χ1v) is 11.8. The number of benzene rings is 1. The summed E-state index contributed by atoms with van der Waals surface area (Å²) < 4.78 is 0. The minimum absolute atomic E-state index is 0.0790. The van der Waals surface area contributed by atoms with Gasteiger partial charge < -0.3 is 21.3 Å². The van der Waals surface area contributed by atoms with Crippen molar-refractivity contribution in [1.82, 2.24) is 20.2 Å². The molecule has 1 atom stereocenters. The molecular weight excluding hydrogens is 412 g/mol. The number of carbonyl (C=O) groups excluding carboxylic acids is 1. The number of hydrogen-bond acceptors (Lipinski definition) is 8. The van der Waals surface area contributed by atoms with Gasteiger partial charge in [-0.15, -0.1) is 11.8 Å². The van der Waals surface area contributed by atoms with Crippen LogP contribution < -0.4 is 21.3 Å². The van der Waals surface area contributed by atoms with E-state index in [-0.39, 0.29) is 11.8 Å². The highest BCUT2D eigenvalue weighted by Gasteiger charge is 2.25. The van der Waals surface area contributed by atoms with E-state index in [4.69, 9.17) is 10.7 Å². The number of nitrogens with two attached hydrogens (primary N) is 1. The molecule has 31 heavy (non-hydrogen) atoms. The van der Waals surface area contributed by atoms with Gasteiger partial charge in [0.1, 0.15) is 10.8 Å². The summed E-state index contributed by atoms with van der Waals surface area (Å²) in [5, 5.41) is 16.0. The van der Waals surface area contributed by atoms with Gasteiger partial charge in [-0.1, -0.05) is 0 Å². The smallest absolute Gasteiger partial charge is 0.231 e. The third-order valence-electron chi connectivity index (χ3n) is 5.81. The molecule has 1 saturated carbocycles. The normalized spacial score (nSPS) is 18.9. The lowest BCUT2D eigenvalue weighted by atomic mass is 9.97. The number of fused-ring (bicyclic) bond motifs is 1. The topological polar surface area (TPSA) is 125 Å². The van der Waals surface area contributed by atoms with Crippen molar-refractivity contribution in [3.05, 3.63) is 24.3 Å². The van der Waals surface area contributed by atoms with Crippen LogP contribution in [0.25, 0.3) is 11.0 Å². The number of aromatic nitrogens is 4. The second-order valence-electron chi connectivity index (χ2n) is 8.13. The largest absolute Gasteiger partial charge is 0.371 e. The highest BCUT2D eigenvalue weighted by Crippen LogP contribution is 2.33. The number of thioether (sulfide) groups is 1. The summed E-state index contributed by atoms with van der Waals surface area (Å²) in [6, 6.07) is 8.59. The number of anilines is 4. The van der Waals surface area contributed by atoms with E-state index in [1.54, 1.807) is 11.8 Å². The molecule has 0 radical (unpaired) electrons. The number of nitrogens with zero attached hydrogens (tertiary/aromatic N) is 4. The standard InChI is InChI=1S/C21H26N8OS/c1-31-20-16-18(23-13-4-5-13)25-21(26-19(16)27-28-20)24-14-6-8-15(9-7-14)29-10-2-3-12(11-29)17(22)30/h6-9,12-13H,2-5,10-11H2,1H3,(H2,22,30)(H3,23,24,25,26,27,28). The van der Waals surface area contributed by atoms with E-state index in [0.29, 0.717) is 24.2 Å². The fourth-order valence-electron chi connectivity index (χ4n) is 3.96. The fraction of sp³-hybridized carbons (Fsp3) is 0.429. The van der Waals surface area contributed by atoms with Gasteiger partial charge in [-0.25, -0.2) is 0 Å². The Kier molecular flexibility index (Phi) is 5.31. The minimum Gasteiger partial charge on any atom is -0.371 e. The van der Waals surface area contributed by atoms with E-state index in [2.05, 4.69) is 42.8 Å². The Balaban J connectivity index is 1.35. The second kappa shape index (κ2) is 8.26. The summed E-state index contributed by atoms with van der Waals surface area (Å²) in [5.74, 6) is 1.04. The molecule has 2 aliphatic rings. The molecule has 1 saturated heterocycles. The maximum atomic E-state index is 11.6. The van der Waals surface area contributed by atoms with Crippen LogP contribution in [-0.2, 0) is 4.79 Å². The SMILES string of the molecule is CSc1n[nH]c2nc(Nc3ccc(N4CCCC(C(N)=O)C4)cc3)nc(NC3CC3)c12. The molecule has 3 aromatic rings. The van der Waals surface area contributed by atoms with E-state index in [1.807, 2.05) is 18.4 Å². The zero-order valence-electron chi connectivity index (χ0n) is 17.4. The number of amides is 1. The molecule has 2 fully saturated rings. The van der Waals surface area contributed by atoms with Crippen LogP contribution in [-0.4, -0.2) is 51.5 Å². The number of aromatic amines is 1. The Morgan fingerprint density at radius 2 is 2.03 bits per heavy atom. The van der Waals surface area contributed by atoms with Crippen LogP contribution in [0.4, 0.5) is 23.1 Å². The molecule has 10 heteroatoms. The van der Waals surface area contributed by atoms with Gasteiger partial charge in [0.15, 0.2) is 5.65 Å². The Bertz CT molecular complexity index is 1090. The molecule has 2 aromatic heterocycles. The molecule has 5 N–H and O–H groups in total. The fourth-order valence-corrected chi connectivity index (χ4v) is 4.50. The first-order valence-electron chi connectivity index (χ1n) is 10.6. The van der Waals surface area contributed by atoms with Crippen LogP contribution in [0.3, 0.4) is 0 Å². The van der Waals surface area contributed by atoms with Crippen molar-refractivity contribution in [3.63, 3.8) is 0 Å². The summed E-state index contributed by atoms with van der Waals surface area (Å²) in [7, 11) is 0. The van der Waals surface area contributed by atoms with Crippen molar-refractivity contribution in [3.8, 4) is 0 Å². The van der Waals surface area contributed by atoms with Crippen LogP contribution in [0.15, 0.2) is 29.3 Å². The third-order valence-corrected chi connectivity index (χ3v) is 6.49. The average Bonchev–Trinajstić information content (AvgIpc) is 3.50. The van der Waals surface area contributed by atoms with Crippen molar-refractivity contribution < 1.29 is 4.79 Å². The zero-order valence-corrected chi connectivity index (χ0v) is 18.2. The summed E-state index contributed by atoms with van der Waals surface area (Å²) in [5.41, 5.74) is 8.21. The first-order chi connectivity index (χ1) is 15.1. The van der Waals surface area contributed by atoms with E-state index in [1.165, 1.54) is 0 Å². The van der Waals surface area contributed by atoms with Crippen molar-refractivity contribution in [2.75, 3.05) is 34.9 Å². The van der Waals surface area contributed by atoms with Crippen LogP contribution in [0.5, 0.6) is 0 Å². The number of nitrogens with one attached hydrogen (secondary N) is 3. The monoisotopic (exact) mass is 438 g/mol. The summed E-state index contributed by atoms with van der Waals surface area (Å²) in [4.78, 5) is 23.1. The van der Waals surface area contributed by atoms with Crippen LogP contribution in [0, 0.1) is 5.92 Å². The number of piperidine rings is 1. The Labute approximate surface area is 184 Å².